The molecule has 0 aliphatic heterocycles. The largest absolute Gasteiger partial charge is 0.761 e. The van der Waals surface area contributed by atoms with Crippen molar-refractivity contribution in [3.05, 3.63) is 53.0 Å². The van der Waals surface area contributed by atoms with Crippen molar-refractivity contribution < 1.29 is 0 Å². The minimum absolute atomic E-state index is 0.431. The van der Waals surface area contributed by atoms with Crippen LogP contribution in [0.5, 0.6) is 0 Å². The van der Waals surface area contributed by atoms with Crippen molar-refractivity contribution in [3.63, 3.8) is 0 Å². The molecule has 2 rings (SSSR count). The molecule has 0 saturated carbocycles. The second-order valence-corrected chi connectivity index (χ2v) is 3.53. The molecule has 0 bridgehead atoms. The molecule has 0 spiro atoms. The number of nitrogens with one attached hydrogen (secondary N) is 2. The smallest absolute Gasteiger partial charge is 0.129 e. The van der Waals surface area contributed by atoms with E-state index in [0.717, 1.165) is 5.69 Å². The molecule has 0 aliphatic rings. The molecule has 0 amide bonds. The number of hydrogen-bond donors (Lipinski definition) is 2. The van der Waals surface area contributed by atoms with Crippen molar-refractivity contribution in [2.45, 2.75) is 0 Å². The van der Waals surface area contributed by atoms with Crippen LogP contribution in [0.3, 0.4) is 0 Å². The zero-order chi connectivity index (χ0) is 11.4. The van der Waals surface area contributed by atoms with Crippen LogP contribution < -0.4 is 10.8 Å². The second-order valence-electron chi connectivity index (χ2n) is 3.14. The maximum Gasteiger partial charge on any atom is 0.129 e. The summed E-state index contributed by atoms with van der Waals surface area (Å²) in [4.78, 5) is 3.94. The molecule has 1 aromatic heterocycles. The molecule has 2 N–H and O–H groups in total. The predicted molar refractivity (Wildman–Crippen MR) is 66.0 cm³/mol. The van der Waals surface area contributed by atoms with E-state index in [4.69, 9.17) is 11.6 Å². The summed E-state index contributed by atoms with van der Waals surface area (Å²) in [7, 11) is 0. The quantitative estimate of drug-likeness (QED) is 0.631. The predicted octanol–water partition coefficient (Wildman–Crippen LogP) is 3.39. The Labute approximate surface area is 97.9 Å². The fourth-order valence-electron chi connectivity index (χ4n) is 1.29. The van der Waals surface area contributed by atoms with Crippen molar-refractivity contribution in [3.8, 4) is 0 Å². The molecule has 1 heterocycles. The van der Waals surface area contributed by atoms with Crippen LogP contribution in [0.1, 0.15) is 0 Å². The zero-order valence-electron chi connectivity index (χ0n) is 8.27. The average molecular weight is 235 g/mol. The lowest BCUT2D eigenvalue weighted by Gasteiger charge is -2.15. The van der Waals surface area contributed by atoms with E-state index in [-0.39, 0.29) is 0 Å². The number of pyridine rings is 1. The van der Waals surface area contributed by atoms with Gasteiger partial charge in [-0.05, 0) is 24.3 Å². The maximum absolute atomic E-state index is 10.7. The van der Waals surface area contributed by atoms with E-state index in [2.05, 4.69) is 10.3 Å². The zero-order valence-corrected chi connectivity index (χ0v) is 9.03. The van der Waals surface area contributed by atoms with E-state index >= 15 is 0 Å². The molecule has 82 valence electrons. The molecule has 0 saturated heterocycles. The first-order valence-corrected chi connectivity index (χ1v) is 5.03. The minimum Gasteiger partial charge on any atom is -0.761 e. The molecule has 0 fully saturated rings. The van der Waals surface area contributed by atoms with Crippen LogP contribution in [-0.4, -0.2) is 4.98 Å². The lowest BCUT2D eigenvalue weighted by atomic mass is 10.2. The van der Waals surface area contributed by atoms with Gasteiger partial charge in [-0.3, -0.25) is 0 Å². The highest BCUT2D eigenvalue weighted by Crippen LogP contribution is 2.24. The van der Waals surface area contributed by atoms with Crippen LogP contribution in [-0.2, 0) is 0 Å². The average Bonchev–Trinajstić information content (AvgIpc) is 2.33. The van der Waals surface area contributed by atoms with Gasteiger partial charge < -0.3 is 16.0 Å². The molecular formula is C11H9ClN3O-. The summed E-state index contributed by atoms with van der Waals surface area (Å²) in [6.07, 6.45) is 1.60. The number of hydrogen-bond acceptors (Lipinski definition) is 4. The fourth-order valence-corrected chi connectivity index (χ4v) is 1.40. The summed E-state index contributed by atoms with van der Waals surface area (Å²) >= 11 is 5.67. The van der Waals surface area contributed by atoms with E-state index < -0.39 is 0 Å². The molecule has 0 unspecified atom stereocenters. The third kappa shape index (κ3) is 2.42. The van der Waals surface area contributed by atoms with Crippen LogP contribution in [0.2, 0.25) is 5.15 Å². The first-order valence-electron chi connectivity index (χ1n) is 4.65. The molecule has 0 radical (unpaired) electrons. The number of rotatable bonds is 3. The van der Waals surface area contributed by atoms with Gasteiger partial charge in [-0.2, -0.15) is 0 Å². The van der Waals surface area contributed by atoms with Gasteiger partial charge in [0.25, 0.3) is 0 Å². The summed E-state index contributed by atoms with van der Waals surface area (Å²) in [5.41, 5.74) is 3.82. The Morgan fingerprint density at radius 3 is 2.44 bits per heavy atom. The van der Waals surface area contributed by atoms with Crippen molar-refractivity contribution in [2.75, 3.05) is 10.8 Å². The van der Waals surface area contributed by atoms with Gasteiger partial charge in [-0.15, -0.1) is 0 Å². The van der Waals surface area contributed by atoms with E-state index in [9.17, 15) is 5.21 Å². The Balaban J connectivity index is 2.23. The van der Waals surface area contributed by atoms with Crippen molar-refractivity contribution in [2.24, 2.45) is 0 Å². The van der Waals surface area contributed by atoms with E-state index in [1.807, 2.05) is 11.5 Å². The van der Waals surface area contributed by atoms with Gasteiger partial charge in [-0.25, -0.2) is 4.98 Å². The highest BCUT2D eigenvalue weighted by Gasteiger charge is 1.99. The van der Waals surface area contributed by atoms with Crippen molar-refractivity contribution in [1.82, 2.24) is 4.98 Å². The van der Waals surface area contributed by atoms with Gasteiger partial charge in [0.05, 0.1) is 17.6 Å². The fraction of sp³-hybridized carbons (Fsp3) is 0. The maximum atomic E-state index is 10.7. The summed E-state index contributed by atoms with van der Waals surface area (Å²) in [6, 6.07) is 10.6. The Morgan fingerprint density at radius 2 is 1.81 bits per heavy atom. The van der Waals surface area contributed by atoms with Crippen LogP contribution in [0.15, 0.2) is 42.6 Å². The molecule has 16 heavy (non-hydrogen) atoms. The van der Waals surface area contributed by atoms with Gasteiger partial charge in [0.2, 0.25) is 0 Å². The van der Waals surface area contributed by atoms with E-state index in [1.165, 1.54) is 0 Å². The molecule has 0 atom stereocenters. The molecule has 1 aromatic carbocycles. The Hall–Kier alpha value is -1.78. The molecular weight excluding hydrogens is 226 g/mol. The SMILES string of the molecule is [O-]Nc1ccccc1Nc1ccc(Cl)nc1. The number of para-hydroxylation sites is 2. The van der Waals surface area contributed by atoms with Gasteiger partial charge in [0, 0.05) is 5.69 Å². The highest BCUT2D eigenvalue weighted by molar-refractivity contribution is 6.29. The second kappa shape index (κ2) is 4.83. The van der Waals surface area contributed by atoms with Gasteiger partial charge in [0.15, 0.2) is 0 Å². The molecule has 2 aromatic rings. The summed E-state index contributed by atoms with van der Waals surface area (Å²) in [6.45, 7) is 0. The molecule has 4 nitrogen and oxygen atoms in total. The molecule has 0 aliphatic carbocycles. The highest BCUT2D eigenvalue weighted by atomic mass is 35.5. The number of benzene rings is 1. The topological polar surface area (TPSA) is 60.0 Å². The van der Waals surface area contributed by atoms with E-state index in [1.54, 1.807) is 36.5 Å². The van der Waals surface area contributed by atoms with Crippen LogP contribution in [0, 0.1) is 5.21 Å². The number of nitrogens with zero attached hydrogens (tertiary/aromatic N) is 1. The van der Waals surface area contributed by atoms with E-state index in [0.29, 0.717) is 16.5 Å². The Kier molecular flexibility index (Phi) is 3.24. The van der Waals surface area contributed by atoms with Gasteiger partial charge in [-0.1, -0.05) is 23.7 Å². The summed E-state index contributed by atoms with van der Waals surface area (Å²) in [5.74, 6) is 0. The lowest BCUT2D eigenvalue weighted by molar-refractivity contribution is 1.32. The molecule has 5 heteroatoms. The number of halogens is 1. The number of anilines is 3. The third-order valence-electron chi connectivity index (χ3n) is 2.04. The minimum atomic E-state index is 0.431. The van der Waals surface area contributed by atoms with Crippen LogP contribution >= 0.6 is 11.6 Å². The monoisotopic (exact) mass is 234 g/mol. The van der Waals surface area contributed by atoms with Crippen LogP contribution in [0.25, 0.3) is 0 Å². The first-order chi connectivity index (χ1) is 7.79. The van der Waals surface area contributed by atoms with Crippen molar-refractivity contribution in [1.29, 1.82) is 0 Å². The lowest BCUT2D eigenvalue weighted by Crippen LogP contribution is -1.95. The van der Waals surface area contributed by atoms with Gasteiger partial charge in [0.1, 0.15) is 5.15 Å². The standard InChI is InChI=1S/C11H9ClN3O/c12-11-6-5-8(7-13-11)14-9-3-1-2-4-10(9)15-16/h1-7,14-15H/q-1. The first kappa shape index (κ1) is 10.7. The van der Waals surface area contributed by atoms with Gasteiger partial charge >= 0.3 is 0 Å². The summed E-state index contributed by atoms with van der Waals surface area (Å²) < 4.78 is 0. The summed E-state index contributed by atoms with van der Waals surface area (Å²) in [5, 5.41) is 14.2. The number of aromatic nitrogens is 1. The van der Waals surface area contributed by atoms with Crippen molar-refractivity contribution >= 4 is 28.7 Å². The third-order valence-corrected chi connectivity index (χ3v) is 2.27. The normalized spacial score (nSPS) is 9.88. The Bertz CT molecular complexity index is 473. The van der Waals surface area contributed by atoms with Crippen LogP contribution in [0.4, 0.5) is 17.1 Å². The Morgan fingerprint density at radius 1 is 1.06 bits per heavy atom.